The highest BCUT2D eigenvalue weighted by molar-refractivity contribution is 7.92. The molecule has 0 bridgehead atoms. The van der Waals surface area contributed by atoms with E-state index in [2.05, 4.69) is 16.3 Å². The van der Waals surface area contributed by atoms with Gasteiger partial charge in [0, 0.05) is 19.2 Å². The number of carbonyl (C=O) groups is 1. The van der Waals surface area contributed by atoms with Gasteiger partial charge in [0.05, 0.1) is 26.2 Å². The lowest BCUT2D eigenvalue weighted by molar-refractivity contribution is -0.122. The van der Waals surface area contributed by atoms with E-state index in [1.165, 1.54) is 32.6 Å². The van der Waals surface area contributed by atoms with E-state index in [-0.39, 0.29) is 5.69 Å². The Morgan fingerprint density at radius 3 is 2.36 bits per heavy atom. The van der Waals surface area contributed by atoms with Crippen LogP contribution in [0.2, 0.25) is 0 Å². The molecular formula is C24H33N3O5S. The van der Waals surface area contributed by atoms with Crippen LogP contribution >= 0.6 is 0 Å². The van der Waals surface area contributed by atoms with Gasteiger partial charge in [-0.05, 0) is 56.1 Å². The predicted molar refractivity (Wildman–Crippen MR) is 129 cm³/mol. The number of methoxy groups -OCH3 is 2. The highest BCUT2D eigenvalue weighted by atomic mass is 32.2. The highest BCUT2D eigenvalue weighted by Crippen LogP contribution is 2.35. The molecule has 180 valence electrons. The Kier molecular flexibility index (Phi) is 8.20. The van der Waals surface area contributed by atoms with Gasteiger partial charge in [0.2, 0.25) is 15.9 Å². The highest BCUT2D eigenvalue weighted by Gasteiger charge is 2.31. The number of sulfonamides is 1. The molecule has 0 aromatic heterocycles. The standard InChI is InChI=1S/C24H33N3O5S/c1-18(27(33(4,29)30)22-15-21(31-2)11-12-23(22)32-3)24(28)25-16-19-9-5-6-10-20(19)17-26-13-7-8-14-26/h5-6,9-12,15,18H,7-8,13-14,16-17H2,1-4H3,(H,25,28)/t18-/m1/s1. The molecule has 1 heterocycles. The fraction of sp³-hybridized carbons (Fsp3) is 0.458. The van der Waals surface area contributed by atoms with Gasteiger partial charge in [-0.25, -0.2) is 8.42 Å². The second-order valence-corrected chi connectivity index (χ2v) is 10.1. The molecule has 0 aliphatic carbocycles. The van der Waals surface area contributed by atoms with Crippen LogP contribution in [0.3, 0.4) is 0 Å². The maximum absolute atomic E-state index is 13.1. The number of likely N-dealkylation sites (tertiary alicyclic amines) is 1. The van der Waals surface area contributed by atoms with Crippen LogP contribution in [0.1, 0.15) is 30.9 Å². The SMILES string of the molecule is COc1ccc(OC)c(N([C@H](C)C(=O)NCc2ccccc2CN2CCCC2)S(C)(=O)=O)c1. The molecule has 1 aliphatic heterocycles. The van der Waals surface area contributed by atoms with Gasteiger partial charge in [-0.15, -0.1) is 0 Å². The van der Waals surface area contributed by atoms with Crippen molar-refractivity contribution in [2.75, 3.05) is 37.9 Å². The van der Waals surface area contributed by atoms with Gasteiger partial charge in [0.1, 0.15) is 17.5 Å². The first-order valence-corrected chi connectivity index (χ1v) is 12.9. The third-order valence-electron chi connectivity index (χ3n) is 5.88. The summed E-state index contributed by atoms with van der Waals surface area (Å²) in [7, 11) is -0.852. The number of hydrogen-bond donors (Lipinski definition) is 1. The predicted octanol–water partition coefficient (Wildman–Crippen LogP) is 2.77. The molecule has 1 amide bonds. The zero-order valence-electron chi connectivity index (χ0n) is 19.7. The van der Waals surface area contributed by atoms with E-state index < -0.39 is 22.0 Å². The van der Waals surface area contributed by atoms with Crippen molar-refractivity contribution in [3.63, 3.8) is 0 Å². The fourth-order valence-corrected chi connectivity index (χ4v) is 5.32. The van der Waals surface area contributed by atoms with Crippen molar-refractivity contribution in [2.45, 2.75) is 38.9 Å². The van der Waals surface area contributed by atoms with Gasteiger partial charge >= 0.3 is 0 Å². The van der Waals surface area contributed by atoms with Gasteiger partial charge in [-0.2, -0.15) is 0 Å². The number of benzene rings is 2. The number of anilines is 1. The molecule has 33 heavy (non-hydrogen) atoms. The number of carbonyl (C=O) groups excluding carboxylic acids is 1. The molecule has 1 saturated heterocycles. The lowest BCUT2D eigenvalue weighted by Crippen LogP contribution is -2.47. The minimum atomic E-state index is -3.80. The summed E-state index contributed by atoms with van der Waals surface area (Å²) in [5, 5.41) is 2.92. The number of amides is 1. The van der Waals surface area contributed by atoms with Crippen LogP contribution in [-0.2, 0) is 27.9 Å². The van der Waals surface area contributed by atoms with Crippen molar-refractivity contribution in [1.29, 1.82) is 0 Å². The third-order valence-corrected chi connectivity index (χ3v) is 7.10. The molecule has 9 heteroatoms. The van der Waals surface area contributed by atoms with Gasteiger partial charge in [0.15, 0.2) is 0 Å². The summed E-state index contributed by atoms with van der Waals surface area (Å²) in [6.07, 6.45) is 3.50. The summed E-state index contributed by atoms with van der Waals surface area (Å²) in [6.45, 7) is 4.90. The second kappa shape index (κ2) is 10.9. The monoisotopic (exact) mass is 475 g/mol. The van der Waals surface area contributed by atoms with E-state index in [1.807, 2.05) is 18.2 Å². The van der Waals surface area contributed by atoms with Gasteiger partial charge in [-0.3, -0.25) is 14.0 Å². The fourth-order valence-electron chi connectivity index (χ4n) is 4.15. The molecule has 3 rings (SSSR count). The number of ether oxygens (including phenoxy) is 2. The lowest BCUT2D eigenvalue weighted by Gasteiger charge is -2.29. The molecular weight excluding hydrogens is 442 g/mol. The first-order valence-electron chi connectivity index (χ1n) is 11.0. The van der Waals surface area contributed by atoms with Crippen molar-refractivity contribution in [1.82, 2.24) is 10.2 Å². The number of hydrogen-bond acceptors (Lipinski definition) is 6. The smallest absolute Gasteiger partial charge is 0.243 e. The van der Waals surface area contributed by atoms with Crippen molar-refractivity contribution < 1.29 is 22.7 Å². The van der Waals surface area contributed by atoms with E-state index in [9.17, 15) is 13.2 Å². The summed E-state index contributed by atoms with van der Waals surface area (Å²) in [5.41, 5.74) is 2.44. The average molecular weight is 476 g/mol. The van der Waals surface area contributed by atoms with Crippen molar-refractivity contribution >= 4 is 21.6 Å². The van der Waals surface area contributed by atoms with Crippen LogP contribution in [0.15, 0.2) is 42.5 Å². The normalized spacial score (nSPS) is 15.2. The second-order valence-electron chi connectivity index (χ2n) is 8.24. The molecule has 8 nitrogen and oxygen atoms in total. The third kappa shape index (κ3) is 6.17. The van der Waals surface area contributed by atoms with E-state index in [1.54, 1.807) is 25.1 Å². The minimum absolute atomic E-state index is 0.247. The van der Waals surface area contributed by atoms with E-state index >= 15 is 0 Å². The van der Waals surface area contributed by atoms with Crippen molar-refractivity contribution in [3.05, 3.63) is 53.6 Å². The van der Waals surface area contributed by atoms with Crippen LogP contribution < -0.4 is 19.1 Å². The Labute approximate surface area is 196 Å². The molecule has 1 aliphatic rings. The Morgan fingerprint density at radius 2 is 1.76 bits per heavy atom. The summed E-state index contributed by atoms with van der Waals surface area (Å²) >= 11 is 0. The summed E-state index contributed by atoms with van der Waals surface area (Å²) in [4.78, 5) is 15.5. The van der Waals surface area contributed by atoms with Crippen LogP contribution in [0.5, 0.6) is 11.5 Å². The molecule has 0 saturated carbocycles. The van der Waals surface area contributed by atoms with Gasteiger partial charge < -0.3 is 14.8 Å². The van der Waals surface area contributed by atoms with Crippen LogP contribution in [0, 0.1) is 0 Å². The van der Waals surface area contributed by atoms with Gasteiger partial charge in [-0.1, -0.05) is 24.3 Å². The molecule has 0 spiro atoms. The zero-order valence-corrected chi connectivity index (χ0v) is 20.5. The van der Waals surface area contributed by atoms with Crippen LogP contribution in [0.25, 0.3) is 0 Å². The summed E-state index contributed by atoms with van der Waals surface area (Å²) < 4.78 is 37.1. The van der Waals surface area contributed by atoms with Crippen LogP contribution in [-0.4, -0.2) is 58.8 Å². The zero-order chi connectivity index (χ0) is 24.0. The molecule has 1 N–H and O–H groups in total. The maximum atomic E-state index is 13.1. The van der Waals surface area contributed by atoms with E-state index in [0.29, 0.717) is 18.0 Å². The Bertz CT molecular complexity index is 1070. The largest absolute Gasteiger partial charge is 0.497 e. The first-order chi connectivity index (χ1) is 15.7. The molecule has 1 fully saturated rings. The Hall–Kier alpha value is -2.78. The summed E-state index contributed by atoms with van der Waals surface area (Å²) in [5.74, 6) is 0.390. The number of nitrogens with one attached hydrogen (secondary N) is 1. The first kappa shape index (κ1) is 24.9. The lowest BCUT2D eigenvalue weighted by atomic mass is 10.1. The van der Waals surface area contributed by atoms with E-state index in [0.717, 1.165) is 35.8 Å². The van der Waals surface area contributed by atoms with Crippen molar-refractivity contribution in [3.8, 4) is 11.5 Å². The van der Waals surface area contributed by atoms with E-state index in [4.69, 9.17) is 9.47 Å². The maximum Gasteiger partial charge on any atom is 0.243 e. The number of rotatable bonds is 10. The molecule has 1 atom stereocenters. The molecule has 2 aromatic rings. The Morgan fingerprint density at radius 1 is 1.09 bits per heavy atom. The molecule has 0 radical (unpaired) electrons. The van der Waals surface area contributed by atoms with Crippen molar-refractivity contribution in [2.24, 2.45) is 0 Å². The van der Waals surface area contributed by atoms with Gasteiger partial charge in [0.25, 0.3) is 0 Å². The minimum Gasteiger partial charge on any atom is -0.497 e. The number of nitrogens with zero attached hydrogens (tertiary/aromatic N) is 2. The summed E-state index contributed by atoms with van der Waals surface area (Å²) in [6, 6.07) is 11.9. The average Bonchev–Trinajstić information content (AvgIpc) is 3.30. The molecule has 2 aromatic carbocycles. The molecule has 0 unspecified atom stereocenters. The topological polar surface area (TPSA) is 88.2 Å². The Balaban J connectivity index is 1.79. The quantitative estimate of drug-likeness (QED) is 0.569. The van der Waals surface area contributed by atoms with Crippen LogP contribution in [0.4, 0.5) is 5.69 Å².